The summed E-state index contributed by atoms with van der Waals surface area (Å²) in [6, 6.07) is 9.96. The van der Waals surface area contributed by atoms with Crippen molar-refractivity contribution in [2.75, 3.05) is 5.43 Å². The average molecular weight is 412 g/mol. The molecule has 0 bridgehead atoms. The highest BCUT2D eigenvalue weighted by atomic mass is 16.5. The van der Waals surface area contributed by atoms with Crippen molar-refractivity contribution in [3.63, 3.8) is 0 Å². The van der Waals surface area contributed by atoms with Gasteiger partial charge in [0.2, 0.25) is 0 Å². The second kappa shape index (κ2) is 9.47. The Hall–Kier alpha value is -3.29. The number of carbonyl (C=O) groups excluding carboxylic acids is 3. The van der Waals surface area contributed by atoms with E-state index in [2.05, 4.69) is 16.1 Å². The SMILES string of the molecule is Cc1ccc(C)n1NC(=O)c1ccc(O[C@H](C)C(=O)NC(=O)NC2CCCC2)cc1. The molecule has 1 aromatic carbocycles. The highest BCUT2D eigenvalue weighted by molar-refractivity contribution is 6.00. The van der Waals surface area contributed by atoms with Gasteiger partial charge in [-0.25, -0.2) is 4.79 Å². The van der Waals surface area contributed by atoms with Crippen LogP contribution >= 0.6 is 0 Å². The van der Waals surface area contributed by atoms with E-state index in [0.717, 1.165) is 37.1 Å². The molecule has 1 saturated carbocycles. The van der Waals surface area contributed by atoms with Crippen LogP contribution in [-0.4, -0.2) is 34.7 Å². The van der Waals surface area contributed by atoms with E-state index in [4.69, 9.17) is 4.74 Å². The molecule has 0 saturated heterocycles. The number of rotatable bonds is 6. The molecule has 1 heterocycles. The van der Waals surface area contributed by atoms with Crippen molar-refractivity contribution in [1.82, 2.24) is 15.3 Å². The van der Waals surface area contributed by atoms with Crippen LogP contribution in [0.4, 0.5) is 4.79 Å². The Morgan fingerprint density at radius 3 is 2.20 bits per heavy atom. The van der Waals surface area contributed by atoms with Crippen LogP contribution in [0.2, 0.25) is 0 Å². The van der Waals surface area contributed by atoms with Crippen LogP contribution in [-0.2, 0) is 4.79 Å². The summed E-state index contributed by atoms with van der Waals surface area (Å²) in [5.41, 5.74) is 5.15. The fourth-order valence-electron chi connectivity index (χ4n) is 3.46. The average Bonchev–Trinajstić information content (AvgIpc) is 3.33. The molecule has 1 atom stereocenters. The van der Waals surface area contributed by atoms with Gasteiger partial charge in [0.05, 0.1) is 0 Å². The second-order valence-corrected chi connectivity index (χ2v) is 7.62. The molecule has 1 aliphatic carbocycles. The van der Waals surface area contributed by atoms with E-state index in [1.165, 1.54) is 0 Å². The number of hydrogen-bond acceptors (Lipinski definition) is 4. The number of urea groups is 1. The van der Waals surface area contributed by atoms with Crippen molar-refractivity contribution in [2.24, 2.45) is 0 Å². The van der Waals surface area contributed by atoms with Gasteiger partial charge in [0.1, 0.15) is 5.75 Å². The summed E-state index contributed by atoms with van der Waals surface area (Å²) < 4.78 is 7.31. The van der Waals surface area contributed by atoms with Gasteiger partial charge >= 0.3 is 6.03 Å². The summed E-state index contributed by atoms with van der Waals surface area (Å²) in [6.45, 7) is 5.38. The summed E-state index contributed by atoms with van der Waals surface area (Å²) >= 11 is 0. The Labute approximate surface area is 175 Å². The molecule has 0 radical (unpaired) electrons. The molecule has 1 aromatic heterocycles. The lowest BCUT2D eigenvalue weighted by Gasteiger charge is -2.16. The van der Waals surface area contributed by atoms with Gasteiger partial charge in [-0.05, 0) is 70.0 Å². The van der Waals surface area contributed by atoms with E-state index in [-0.39, 0.29) is 11.9 Å². The van der Waals surface area contributed by atoms with Crippen molar-refractivity contribution in [1.29, 1.82) is 0 Å². The molecular weight excluding hydrogens is 384 g/mol. The summed E-state index contributed by atoms with van der Waals surface area (Å²) in [4.78, 5) is 36.5. The topological polar surface area (TPSA) is 101 Å². The Kier molecular flexibility index (Phi) is 6.76. The maximum Gasteiger partial charge on any atom is 0.321 e. The van der Waals surface area contributed by atoms with Crippen LogP contribution in [0.25, 0.3) is 0 Å². The van der Waals surface area contributed by atoms with Crippen molar-refractivity contribution >= 4 is 17.8 Å². The van der Waals surface area contributed by atoms with Crippen LogP contribution in [0, 0.1) is 13.8 Å². The molecule has 0 unspecified atom stereocenters. The summed E-state index contributed by atoms with van der Waals surface area (Å²) in [5, 5.41) is 5.11. The van der Waals surface area contributed by atoms with Gasteiger partial charge < -0.3 is 10.1 Å². The molecule has 0 aliphatic heterocycles. The Balaban J connectivity index is 1.51. The van der Waals surface area contributed by atoms with Gasteiger partial charge in [-0.2, -0.15) is 0 Å². The molecule has 3 rings (SSSR count). The van der Waals surface area contributed by atoms with E-state index < -0.39 is 18.0 Å². The number of imide groups is 1. The predicted molar refractivity (Wildman–Crippen MR) is 113 cm³/mol. The first-order valence-electron chi connectivity index (χ1n) is 10.2. The maximum atomic E-state index is 12.4. The standard InChI is InChI=1S/C22H28N4O4/c1-14-8-9-15(2)26(14)25-21(28)17-10-12-19(13-11-17)30-16(3)20(27)24-22(29)23-18-6-4-5-7-18/h8-13,16,18H,4-7H2,1-3H3,(H,25,28)(H2,23,24,27,29)/t16-/m1/s1. The molecule has 30 heavy (non-hydrogen) atoms. The van der Waals surface area contributed by atoms with E-state index >= 15 is 0 Å². The molecule has 3 N–H and O–H groups in total. The quantitative estimate of drug-likeness (QED) is 0.679. The summed E-state index contributed by atoms with van der Waals surface area (Å²) in [7, 11) is 0. The van der Waals surface area contributed by atoms with Crippen molar-refractivity contribution in [3.05, 3.63) is 53.3 Å². The summed E-state index contributed by atoms with van der Waals surface area (Å²) in [5.74, 6) is -0.345. The number of carbonyl (C=O) groups is 3. The number of benzene rings is 1. The lowest BCUT2D eigenvalue weighted by molar-refractivity contribution is -0.126. The lowest BCUT2D eigenvalue weighted by Crippen LogP contribution is -2.47. The first-order valence-corrected chi connectivity index (χ1v) is 10.2. The zero-order valence-electron chi connectivity index (χ0n) is 17.5. The second-order valence-electron chi connectivity index (χ2n) is 7.62. The molecular formula is C22H28N4O4. The lowest BCUT2D eigenvalue weighted by atomic mass is 10.2. The normalized spacial score (nSPS) is 14.8. The molecule has 1 fully saturated rings. The van der Waals surface area contributed by atoms with Crippen LogP contribution in [0.1, 0.15) is 54.4 Å². The predicted octanol–water partition coefficient (Wildman–Crippen LogP) is 3.02. The third-order valence-electron chi connectivity index (χ3n) is 5.21. The van der Waals surface area contributed by atoms with E-state index in [0.29, 0.717) is 11.3 Å². The third-order valence-corrected chi connectivity index (χ3v) is 5.21. The molecule has 1 aliphatic rings. The molecule has 8 heteroatoms. The Morgan fingerprint density at radius 1 is 1.00 bits per heavy atom. The first kappa shape index (κ1) is 21.4. The number of aromatic nitrogens is 1. The zero-order valence-corrected chi connectivity index (χ0v) is 17.5. The van der Waals surface area contributed by atoms with E-state index in [1.54, 1.807) is 35.9 Å². The highest BCUT2D eigenvalue weighted by Crippen LogP contribution is 2.17. The monoisotopic (exact) mass is 412 g/mol. The minimum atomic E-state index is -0.857. The van der Waals surface area contributed by atoms with Crippen molar-refractivity contribution in [2.45, 2.75) is 58.6 Å². The van der Waals surface area contributed by atoms with Crippen LogP contribution in [0.5, 0.6) is 5.75 Å². The van der Waals surface area contributed by atoms with Crippen LogP contribution < -0.4 is 20.8 Å². The van der Waals surface area contributed by atoms with Crippen LogP contribution in [0.3, 0.4) is 0 Å². The Morgan fingerprint density at radius 2 is 1.60 bits per heavy atom. The smallest absolute Gasteiger partial charge is 0.321 e. The zero-order chi connectivity index (χ0) is 21.7. The summed E-state index contributed by atoms with van der Waals surface area (Å²) in [6.07, 6.45) is 3.21. The minimum Gasteiger partial charge on any atom is -0.481 e. The van der Waals surface area contributed by atoms with Gasteiger partial charge in [-0.15, -0.1) is 0 Å². The maximum absolute atomic E-state index is 12.4. The van der Waals surface area contributed by atoms with Crippen LogP contribution in [0.15, 0.2) is 36.4 Å². The van der Waals surface area contributed by atoms with E-state index in [1.807, 2.05) is 26.0 Å². The van der Waals surface area contributed by atoms with Gasteiger partial charge in [-0.1, -0.05) is 12.8 Å². The number of aryl methyl sites for hydroxylation is 2. The number of nitrogens with zero attached hydrogens (tertiary/aromatic N) is 1. The highest BCUT2D eigenvalue weighted by Gasteiger charge is 2.21. The van der Waals surface area contributed by atoms with Gasteiger partial charge in [0.25, 0.3) is 11.8 Å². The first-order chi connectivity index (χ1) is 14.3. The largest absolute Gasteiger partial charge is 0.481 e. The minimum absolute atomic E-state index is 0.131. The van der Waals surface area contributed by atoms with Gasteiger partial charge in [-0.3, -0.25) is 25.0 Å². The van der Waals surface area contributed by atoms with Gasteiger partial charge in [0.15, 0.2) is 6.10 Å². The van der Waals surface area contributed by atoms with Gasteiger partial charge in [0, 0.05) is 23.0 Å². The molecule has 160 valence electrons. The number of hydrogen-bond donors (Lipinski definition) is 3. The van der Waals surface area contributed by atoms with E-state index in [9.17, 15) is 14.4 Å². The fraction of sp³-hybridized carbons (Fsp3) is 0.409. The molecule has 2 aromatic rings. The molecule has 4 amide bonds. The van der Waals surface area contributed by atoms with Crippen molar-refractivity contribution < 1.29 is 19.1 Å². The number of nitrogens with one attached hydrogen (secondary N) is 3. The number of amides is 4. The third kappa shape index (κ3) is 5.40. The fourth-order valence-corrected chi connectivity index (χ4v) is 3.46. The van der Waals surface area contributed by atoms with Crippen molar-refractivity contribution in [3.8, 4) is 5.75 Å². The Bertz CT molecular complexity index is 894. The molecule has 0 spiro atoms. The number of ether oxygens (including phenoxy) is 1. The molecule has 8 nitrogen and oxygen atoms in total.